The summed E-state index contributed by atoms with van der Waals surface area (Å²) in [6.45, 7) is 5.76. The number of pyridine rings is 1. The van der Waals surface area contributed by atoms with Gasteiger partial charge in [-0.15, -0.1) is 0 Å². The van der Waals surface area contributed by atoms with E-state index in [1.165, 1.54) is 0 Å². The van der Waals surface area contributed by atoms with Gasteiger partial charge in [-0.3, -0.25) is 4.98 Å². The predicted octanol–water partition coefficient (Wildman–Crippen LogP) is 4.56. The third kappa shape index (κ3) is 3.38. The van der Waals surface area contributed by atoms with Gasteiger partial charge in [-0.25, -0.2) is 0 Å². The molecule has 0 aliphatic rings. The summed E-state index contributed by atoms with van der Waals surface area (Å²) in [5, 5.41) is 9.62. The minimum absolute atomic E-state index is 0.509. The molecule has 1 aromatic heterocycles. The highest BCUT2D eigenvalue weighted by Crippen LogP contribution is 2.31. The lowest BCUT2D eigenvalue weighted by Crippen LogP contribution is -1.97. The van der Waals surface area contributed by atoms with Gasteiger partial charge in [-0.05, 0) is 50.1 Å². The Morgan fingerprint density at radius 3 is 2.65 bits per heavy atom. The van der Waals surface area contributed by atoms with Crippen LogP contribution in [0.3, 0.4) is 0 Å². The van der Waals surface area contributed by atoms with E-state index in [1.54, 1.807) is 6.92 Å². The van der Waals surface area contributed by atoms with Gasteiger partial charge in [-0.2, -0.15) is 0 Å². The Bertz CT molecular complexity index is 611. The molecule has 1 heterocycles. The molecule has 20 heavy (non-hydrogen) atoms. The fourth-order valence-corrected chi connectivity index (χ4v) is 2.67. The zero-order valence-electron chi connectivity index (χ0n) is 11.9. The van der Waals surface area contributed by atoms with Crippen LogP contribution in [0.25, 0.3) is 0 Å². The maximum atomic E-state index is 9.62. The van der Waals surface area contributed by atoms with Gasteiger partial charge >= 0.3 is 0 Å². The summed E-state index contributed by atoms with van der Waals surface area (Å²) in [7, 11) is 0. The van der Waals surface area contributed by atoms with Gasteiger partial charge in [0.1, 0.15) is 11.5 Å². The molecule has 0 saturated carbocycles. The summed E-state index contributed by atoms with van der Waals surface area (Å²) in [5.74, 6) is 1.50. The lowest BCUT2D eigenvalue weighted by Gasteiger charge is -2.12. The van der Waals surface area contributed by atoms with E-state index < -0.39 is 6.10 Å². The number of benzene rings is 1. The van der Waals surface area contributed by atoms with Crippen molar-refractivity contribution < 1.29 is 9.84 Å². The van der Waals surface area contributed by atoms with Crippen molar-refractivity contribution in [2.45, 2.75) is 33.3 Å². The van der Waals surface area contributed by atoms with E-state index in [2.05, 4.69) is 27.8 Å². The number of aromatic nitrogens is 1. The fourth-order valence-electron chi connectivity index (χ4n) is 1.98. The normalized spacial score (nSPS) is 12.2. The van der Waals surface area contributed by atoms with Crippen LogP contribution in [-0.2, 0) is 6.42 Å². The van der Waals surface area contributed by atoms with E-state index in [9.17, 15) is 5.11 Å². The van der Waals surface area contributed by atoms with Crippen LogP contribution in [-0.4, -0.2) is 10.1 Å². The van der Waals surface area contributed by atoms with Gasteiger partial charge in [0.15, 0.2) is 0 Å². The first-order valence-corrected chi connectivity index (χ1v) is 7.42. The average Bonchev–Trinajstić information content (AvgIpc) is 2.40. The molecule has 3 nitrogen and oxygen atoms in total. The van der Waals surface area contributed by atoms with Gasteiger partial charge in [0, 0.05) is 10.2 Å². The third-order valence-corrected chi connectivity index (χ3v) is 3.74. The Hall–Kier alpha value is -1.39. The number of aryl methyl sites for hydroxylation is 2. The predicted molar refractivity (Wildman–Crippen MR) is 83.2 cm³/mol. The Labute approximate surface area is 127 Å². The second kappa shape index (κ2) is 6.37. The van der Waals surface area contributed by atoms with Crippen molar-refractivity contribution in [3.05, 3.63) is 51.8 Å². The first kappa shape index (κ1) is 15.0. The molecule has 2 rings (SSSR count). The second-order valence-electron chi connectivity index (χ2n) is 4.71. The molecule has 106 valence electrons. The van der Waals surface area contributed by atoms with Crippen LogP contribution in [0.4, 0.5) is 0 Å². The van der Waals surface area contributed by atoms with E-state index in [1.807, 2.05) is 37.3 Å². The van der Waals surface area contributed by atoms with E-state index in [-0.39, 0.29) is 0 Å². The number of rotatable bonds is 4. The standard InChI is InChI=1S/C16H18BrNO2/c1-4-15-16(8-5-10(2)18-15)20-12-6-7-13(11(3)19)14(17)9-12/h5-9,11,19H,4H2,1-3H3. The van der Waals surface area contributed by atoms with E-state index >= 15 is 0 Å². The Kier molecular flexibility index (Phi) is 4.78. The van der Waals surface area contributed by atoms with Gasteiger partial charge < -0.3 is 9.84 Å². The first-order chi connectivity index (χ1) is 9.51. The number of aliphatic hydroxyl groups is 1. The highest BCUT2D eigenvalue weighted by atomic mass is 79.9. The van der Waals surface area contributed by atoms with Crippen molar-refractivity contribution in [3.63, 3.8) is 0 Å². The van der Waals surface area contributed by atoms with Gasteiger partial charge in [-0.1, -0.05) is 28.9 Å². The summed E-state index contributed by atoms with van der Waals surface area (Å²) in [6, 6.07) is 9.45. The molecule has 0 saturated heterocycles. The van der Waals surface area contributed by atoms with Crippen LogP contribution in [0, 0.1) is 6.92 Å². The fraction of sp³-hybridized carbons (Fsp3) is 0.312. The Morgan fingerprint density at radius 2 is 2.05 bits per heavy atom. The Balaban J connectivity index is 2.28. The highest BCUT2D eigenvalue weighted by Gasteiger charge is 2.09. The van der Waals surface area contributed by atoms with Crippen molar-refractivity contribution in [3.8, 4) is 11.5 Å². The zero-order chi connectivity index (χ0) is 14.7. The molecular weight excluding hydrogens is 318 g/mol. The summed E-state index contributed by atoms with van der Waals surface area (Å²) in [5.41, 5.74) is 2.77. The number of aliphatic hydroxyl groups excluding tert-OH is 1. The maximum Gasteiger partial charge on any atom is 0.148 e. The highest BCUT2D eigenvalue weighted by molar-refractivity contribution is 9.10. The smallest absolute Gasteiger partial charge is 0.148 e. The van der Waals surface area contributed by atoms with Crippen molar-refractivity contribution in [1.82, 2.24) is 4.98 Å². The molecule has 4 heteroatoms. The second-order valence-corrected chi connectivity index (χ2v) is 5.57. The molecular formula is C16H18BrNO2. The summed E-state index contributed by atoms with van der Waals surface area (Å²) in [4.78, 5) is 4.48. The number of nitrogens with zero attached hydrogens (tertiary/aromatic N) is 1. The molecule has 0 aliphatic heterocycles. The maximum absolute atomic E-state index is 9.62. The average molecular weight is 336 g/mol. The summed E-state index contributed by atoms with van der Waals surface area (Å²) >= 11 is 3.45. The first-order valence-electron chi connectivity index (χ1n) is 6.63. The van der Waals surface area contributed by atoms with E-state index in [0.717, 1.165) is 39.3 Å². The van der Waals surface area contributed by atoms with Gasteiger partial charge in [0.2, 0.25) is 0 Å². The number of halogens is 1. The molecule has 1 aromatic carbocycles. The molecule has 0 fully saturated rings. The van der Waals surface area contributed by atoms with Crippen molar-refractivity contribution in [2.75, 3.05) is 0 Å². The van der Waals surface area contributed by atoms with E-state index in [0.29, 0.717) is 0 Å². The Morgan fingerprint density at radius 1 is 1.30 bits per heavy atom. The van der Waals surface area contributed by atoms with E-state index in [4.69, 9.17) is 4.74 Å². The minimum atomic E-state index is -0.509. The molecule has 2 aromatic rings. The van der Waals surface area contributed by atoms with Crippen LogP contribution in [0.1, 0.15) is 36.9 Å². The van der Waals surface area contributed by atoms with Crippen LogP contribution in [0.5, 0.6) is 11.5 Å². The minimum Gasteiger partial charge on any atom is -0.455 e. The summed E-state index contributed by atoms with van der Waals surface area (Å²) < 4.78 is 6.73. The van der Waals surface area contributed by atoms with Crippen LogP contribution in [0.2, 0.25) is 0 Å². The van der Waals surface area contributed by atoms with Crippen LogP contribution >= 0.6 is 15.9 Å². The van der Waals surface area contributed by atoms with Crippen molar-refractivity contribution in [2.24, 2.45) is 0 Å². The third-order valence-electron chi connectivity index (χ3n) is 3.06. The quantitative estimate of drug-likeness (QED) is 0.890. The monoisotopic (exact) mass is 335 g/mol. The van der Waals surface area contributed by atoms with Gasteiger partial charge in [0.25, 0.3) is 0 Å². The zero-order valence-corrected chi connectivity index (χ0v) is 13.4. The molecule has 1 atom stereocenters. The molecule has 0 amide bonds. The molecule has 0 radical (unpaired) electrons. The van der Waals surface area contributed by atoms with Crippen LogP contribution in [0.15, 0.2) is 34.8 Å². The molecule has 0 bridgehead atoms. The lowest BCUT2D eigenvalue weighted by molar-refractivity contribution is 0.198. The number of ether oxygens (including phenoxy) is 1. The molecule has 0 aliphatic carbocycles. The SMILES string of the molecule is CCc1nc(C)ccc1Oc1ccc(C(C)O)c(Br)c1. The number of hydrogen-bond acceptors (Lipinski definition) is 3. The largest absolute Gasteiger partial charge is 0.455 e. The lowest BCUT2D eigenvalue weighted by atomic mass is 10.1. The molecule has 1 unspecified atom stereocenters. The molecule has 0 spiro atoms. The number of hydrogen-bond donors (Lipinski definition) is 1. The molecule has 1 N–H and O–H groups in total. The van der Waals surface area contributed by atoms with Crippen molar-refractivity contribution >= 4 is 15.9 Å². The van der Waals surface area contributed by atoms with Crippen LogP contribution < -0.4 is 4.74 Å². The summed E-state index contributed by atoms with van der Waals surface area (Å²) in [6.07, 6.45) is 0.315. The van der Waals surface area contributed by atoms with Crippen molar-refractivity contribution in [1.29, 1.82) is 0 Å². The van der Waals surface area contributed by atoms with Gasteiger partial charge in [0.05, 0.1) is 11.8 Å². The topological polar surface area (TPSA) is 42.4 Å².